The topological polar surface area (TPSA) is 104 Å². The summed E-state index contributed by atoms with van der Waals surface area (Å²) in [5.41, 5.74) is 30.0. The fraction of sp³-hybridized carbons (Fsp3) is 0.250. The van der Waals surface area contributed by atoms with Gasteiger partial charge in [-0.25, -0.2) is 0 Å². The quantitative estimate of drug-likeness (QED) is 0.553. The molecule has 20 heavy (non-hydrogen) atoms. The summed E-state index contributed by atoms with van der Waals surface area (Å²) in [6.45, 7) is 7.85. The highest BCUT2D eigenvalue weighted by atomic mass is 14.6. The van der Waals surface area contributed by atoms with Gasteiger partial charge in [0.05, 0.1) is 0 Å². The number of nitrogens with two attached hydrogens (primary N) is 4. The van der Waals surface area contributed by atoms with Crippen LogP contribution in [0.2, 0.25) is 0 Å². The molecule has 108 valence electrons. The average Bonchev–Trinajstić information content (AvgIpc) is 2.39. The monoisotopic (exact) mass is 272 g/mol. The van der Waals surface area contributed by atoms with Crippen molar-refractivity contribution in [2.75, 3.05) is 22.9 Å². The minimum atomic E-state index is 0.812. The summed E-state index contributed by atoms with van der Waals surface area (Å²) in [6, 6.07) is 7.45. The van der Waals surface area contributed by atoms with E-state index >= 15 is 0 Å². The molecule has 2 rings (SSSR count). The lowest BCUT2D eigenvalue weighted by atomic mass is 10.1. The lowest BCUT2D eigenvalue weighted by molar-refractivity contribution is 1.35. The van der Waals surface area contributed by atoms with Crippen LogP contribution in [0.3, 0.4) is 0 Å². The number of hydrogen-bond donors (Lipinski definition) is 4. The minimum Gasteiger partial charge on any atom is -0.399 e. The van der Waals surface area contributed by atoms with Crippen molar-refractivity contribution in [2.45, 2.75) is 27.7 Å². The molecular formula is C16H24N4. The highest BCUT2D eigenvalue weighted by Crippen LogP contribution is 2.20. The lowest BCUT2D eigenvalue weighted by Gasteiger charge is -2.05. The van der Waals surface area contributed by atoms with Crippen LogP contribution in [-0.2, 0) is 0 Å². The molecule has 0 heterocycles. The summed E-state index contributed by atoms with van der Waals surface area (Å²) in [4.78, 5) is 0. The lowest BCUT2D eigenvalue weighted by Crippen LogP contribution is -1.96. The Labute approximate surface area is 120 Å². The average molecular weight is 272 g/mol. The minimum absolute atomic E-state index is 0.812. The van der Waals surface area contributed by atoms with Crippen molar-refractivity contribution in [2.24, 2.45) is 0 Å². The molecule has 0 saturated heterocycles. The Morgan fingerprint density at radius 1 is 0.550 bits per heavy atom. The number of rotatable bonds is 0. The first-order valence-corrected chi connectivity index (χ1v) is 6.47. The molecule has 0 bridgehead atoms. The molecule has 2 aromatic carbocycles. The Balaban J connectivity index is 0.000000200. The second-order valence-corrected chi connectivity index (χ2v) is 5.06. The Bertz CT molecular complexity index is 541. The van der Waals surface area contributed by atoms with E-state index in [0.717, 1.165) is 45.0 Å². The van der Waals surface area contributed by atoms with E-state index in [4.69, 9.17) is 22.9 Å². The van der Waals surface area contributed by atoms with E-state index in [-0.39, 0.29) is 0 Å². The van der Waals surface area contributed by atoms with E-state index in [0.29, 0.717) is 0 Å². The van der Waals surface area contributed by atoms with Gasteiger partial charge in [-0.05, 0) is 74.2 Å². The van der Waals surface area contributed by atoms with Crippen LogP contribution < -0.4 is 22.9 Å². The van der Waals surface area contributed by atoms with Crippen molar-refractivity contribution in [3.05, 3.63) is 46.5 Å². The molecule has 8 N–H and O–H groups in total. The number of benzene rings is 2. The molecule has 0 aliphatic rings. The Morgan fingerprint density at radius 3 is 1.15 bits per heavy atom. The third kappa shape index (κ3) is 3.57. The number of hydrogen-bond acceptors (Lipinski definition) is 4. The highest BCUT2D eigenvalue weighted by molar-refractivity contribution is 5.60. The first kappa shape index (κ1) is 15.7. The molecule has 0 aliphatic heterocycles. The van der Waals surface area contributed by atoms with E-state index in [9.17, 15) is 0 Å². The van der Waals surface area contributed by atoms with Gasteiger partial charge >= 0.3 is 0 Å². The van der Waals surface area contributed by atoms with E-state index in [1.165, 1.54) is 0 Å². The molecular weight excluding hydrogens is 248 g/mol. The van der Waals surface area contributed by atoms with E-state index < -0.39 is 0 Å². The largest absolute Gasteiger partial charge is 0.399 e. The number of aryl methyl sites for hydroxylation is 2. The van der Waals surface area contributed by atoms with Crippen LogP contribution in [0.4, 0.5) is 22.7 Å². The maximum Gasteiger partial charge on any atom is 0.0347 e. The maximum absolute atomic E-state index is 5.63. The summed E-state index contributed by atoms with van der Waals surface area (Å²) in [5, 5.41) is 0. The molecule has 0 saturated carbocycles. The van der Waals surface area contributed by atoms with Crippen LogP contribution in [0.25, 0.3) is 0 Å². The van der Waals surface area contributed by atoms with Crippen LogP contribution in [0, 0.1) is 27.7 Å². The van der Waals surface area contributed by atoms with Crippen LogP contribution in [-0.4, -0.2) is 0 Å². The summed E-state index contributed by atoms with van der Waals surface area (Å²) < 4.78 is 0. The highest BCUT2D eigenvalue weighted by Gasteiger charge is 1.99. The Kier molecular flexibility index (Phi) is 4.86. The van der Waals surface area contributed by atoms with Gasteiger partial charge in [0.15, 0.2) is 0 Å². The normalized spacial score (nSPS) is 9.80. The Morgan fingerprint density at radius 2 is 0.850 bits per heavy atom. The van der Waals surface area contributed by atoms with Gasteiger partial charge in [-0.1, -0.05) is 0 Å². The molecule has 4 nitrogen and oxygen atoms in total. The van der Waals surface area contributed by atoms with Crippen LogP contribution >= 0.6 is 0 Å². The van der Waals surface area contributed by atoms with Gasteiger partial charge in [-0.3, -0.25) is 0 Å². The third-order valence-electron chi connectivity index (χ3n) is 3.53. The van der Waals surface area contributed by atoms with Crippen molar-refractivity contribution in [1.29, 1.82) is 0 Å². The van der Waals surface area contributed by atoms with Crippen LogP contribution in [0.15, 0.2) is 24.3 Å². The van der Waals surface area contributed by atoms with Gasteiger partial charge in [0.2, 0.25) is 0 Å². The van der Waals surface area contributed by atoms with Gasteiger partial charge in [0, 0.05) is 22.7 Å². The molecule has 0 unspecified atom stereocenters. The number of nitrogen functional groups attached to an aromatic ring is 4. The number of anilines is 4. The molecule has 0 aliphatic carbocycles. The van der Waals surface area contributed by atoms with Crippen molar-refractivity contribution < 1.29 is 0 Å². The zero-order valence-corrected chi connectivity index (χ0v) is 12.6. The molecule has 4 heteroatoms. The van der Waals surface area contributed by atoms with Gasteiger partial charge in [0.25, 0.3) is 0 Å². The fourth-order valence-electron chi connectivity index (χ4n) is 1.72. The van der Waals surface area contributed by atoms with Crippen molar-refractivity contribution >= 4 is 22.7 Å². The predicted octanol–water partition coefficient (Wildman–Crippen LogP) is 2.94. The standard InChI is InChI=1S/2C8H12N2/c1-5-3-8(10)6(2)4-7(5)9;1-5-6(2)8(10)4-3-7(5)9/h2*3-4H,9-10H2,1-2H3. The molecule has 2 aromatic rings. The second-order valence-electron chi connectivity index (χ2n) is 5.06. The summed E-state index contributed by atoms with van der Waals surface area (Å²) in [6.07, 6.45) is 0. The van der Waals surface area contributed by atoms with E-state index in [1.54, 1.807) is 0 Å². The molecule has 0 amide bonds. The second kappa shape index (κ2) is 6.19. The van der Waals surface area contributed by atoms with Gasteiger partial charge < -0.3 is 22.9 Å². The summed E-state index contributed by atoms with van der Waals surface area (Å²) in [5.74, 6) is 0. The summed E-state index contributed by atoms with van der Waals surface area (Å²) in [7, 11) is 0. The molecule has 0 fully saturated rings. The van der Waals surface area contributed by atoms with E-state index in [1.807, 2.05) is 52.0 Å². The van der Waals surface area contributed by atoms with E-state index in [2.05, 4.69) is 0 Å². The zero-order chi connectivity index (χ0) is 15.4. The van der Waals surface area contributed by atoms with Crippen molar-refractivity contribution in [1.82, 2.24) is 0 Å². The van der Waals surface area contributed by atoms with Crippen LogP contribution in [0.1, 0.15) is 22.3 Å². The smallest absolute Gasteiger partial charge is 0.0347 e. The van der Waals surface area contributed by atoms with Crippen LogP contribution in [0.5, 0.6) is 0 Å². The molecule has 0 radical (unpaired) electrons. The fourth-order valence-corrected chi connectivity index (χ4v) is 1.72. The van der Waals surface area contributed by atoms with Gasteiger partial charge in [-0.2, -0.15) is 0 Å². The predicted molar refractivity (Wildman–Crippen MR) is 89.5 cm³/mol. The molecule has 0 spiro atoms. The van der Waals surface area contributed by atoms with Crippen molar-refractivity contribution in [3.8, 4) is 0 Å². The first-order valence-electron chi connectivity index (χ1n) is 6.47. The Hall–Kier alpha value is -2.36. The summed E-state index contributed by atoms with van der Waals surface area (Å²) >= 11 is 0. The maximum atomic E-state index is 5.63. The first-order chi connectivity index (χ1) is 9.23. The van der Waals surface area contributed by atoms with Crippen molar-refractivity contribution in [3.63, 3.8) is 0 Å². The SMILES string of the molecule is Cc1c(N)ccc(N)c1C.Cc1cc(N)c(C)cc1N. The third-order valence-corrected chi connectivity index (χ3v) is 3.53. The molecule has 0 aromatic heterocycles. The van der Waals surface area contributed by atoms with Gasteiger partial charge in [-0.15, -0.1) is 0 Å². The van der Waals surface area contributed by atoms with Gasteiger partial charge in [0.1, 0.15) is 0 Å². The molecule has 0 atom stereocenters. The zero-order valence-electron chi connectivity index (χ0n) is 12.6.